The van der Waals surface area contributed by atoms with Crippen molar-refractivity contribution < 1.29 is 4.92 Å². The van der Waals surface area contributed by atoms with Gasteiger partial charge in [0.25, 0.3) is 5.69 Å². The Morgan fingerprint density at radius 2 is 2.19 bits per heavy atom. The smallest absolute Gasteiger partial charge is 0.271 e. The van der Waals surface area contributed by atoms with Gasteiger partial charge in [-0.2, -0.15) is 0 Å². The van der Waals surface area contributed by atoms with Gasteiger partial charge in [-0.05, 0) is 6.07 Å². The van der Waals surface area contributed by atoms with Crippen LogP contribution in [-0.2, 0) is 7.05 Å². The van der Waals surface area contributed by atoms with Crippen LogP contribution in [0.15, 0.2) is 24.5 Å². The highest BCUT2D eigenvalue weighted by atomic mass is 35.5. The van der Waals surface area contributed by atoms with Crippen molar-refractivity contribution in [3.05, 3.63) is 39.7 Å². The lowest BCUT2D eigenvalue weighted by atomic mass is 10.2. The second-order valence-electron chi connectivity index (χ2n) is 3.22. The van der Waals surface area contributed by atoms with Crippen LogP contribution in [0.2, 0.25) is 5.02 Å². The molecule has 2 rings (SSSR count). The summed E-state index contributed by atoms with van der Waals surface area (Å²) in [6.07, 6.45) is 1.52. The van der Waals surface area contributed by atoms with Crippen LogP contribution >= 0.6 is 11.6 Å². The molecule has 0 radical (unpaired) electrons. The summed E-state index contributed by atoms with van der Waals surface area (Å²) < 4.78 is 1.66. The van der Waals surface area contributed by atoms with E-state index in [1.165, 1.54) is 18.5 Å². The van der Waals surface area contributed by atoms with Gasteiger partial charge in [0.15, 0.2) is 5.82 Å². The van der Waals surface area contributed by atoms with Gasteiger partial charge in [0.2, 0.25) is 0 Å². The topological polar surface area (TPSA) is 73.8 Å². The summed E-state index contributed by atoms with van der Waals surface area (Å²) in [6, 6.07) is 4.32. The molecule has 0 aliphatic rings. The van der Waals surface area contributed by atoms with Gasteiger partial charge < -0.3 is 4.57 Å². The standard InChI is InChI=1S/C9H7ClN4O2/c1-13-5-11-12-9(13)6-2-7(10)4-8(3-6)14(15)16/h2-5H,1H3. The molecule has 1 heterocycles. The summed E-state index contributed by atoms with van der Waals surface area (Å²) in [6.45, 7) is 0. The highest BCUT2D eigenvalue weighted by molar-refractivity contribution is 6.31. The quantitative estimate of drug-likeness (QED) is 0.593. The maximum atomic E-state index is 10.7. The average molecular weight is 239 g/mol. The average Bonchev–Trinajstić information content (AvgIpc) is 2.63. The number of nitro benzene ring substituents is 1. The molecule has 7 heteroatoms. The Balaban J connectivity index is 2.58. The van der Waals surface area contributed by atoms with Crippen molar-refractivity contribution in [1.29, 1.82) is 0 Å². The number of halogens is 1. The first-order valence-electron chi connectivity index (χ1n) is 4.37. The summed E-state index contributed by atoms with van der Waals surface area (Å²) in [4.78, 5) is 10.2. The van der Waals surface area contributed by atoms with E-state index in [0.29, 0.717) is 16.4 Å². The van der Waals surface area contributed by atoms with E-state index < -0.39 is 4.92 Å². The molecule has 0 aliphatic heterocycles. The molecule has 2 aromatic rings. The number of hydrogen-bond donors (Lipinski definition) is 0. The molecule has 0 spiro atoms. The molecule has 6 nitrogen and oxygen atoms in total. The summed E-state index contributed by atoms with van der Waals surface area (Å²) in [7, 11) is 1.75. The van der Waals surface area contributed by atoms with Gasteiger partial charge in [0.05, 0.1) is 4.92 Å². The summed E-state index contributed by atoms with van der Waals surface area (Å²) in [5, 5.41) is 18.5. The lowest BCUT2D eigenvalue weighted by Crippen LogP contribution is -1.93. The predicted octanol–water partition coefficient (Wildman–Crippen LogP) is 2.04. The summed E-state index contributed by atoms with van der Waals surface area (Å²) in [5.41, 5.74) is 0.504. The van der Waals surface area contributed by atoms with E-state index in [1.807, 2.05) is 0 Å². The summed E-state index contributed by atoms with van der Waals surface area (Å²) in [5.74, 6) is 0.533. The first-order valence-corrected chi connectivity index (χ1v) is 4.75. The van der Waals surface area contributed by atoms with Gasteiger partial charge in [-0.25, -0.2) is 0 Å². The third-order valence-corrected chi connectivity index (χ3v) is 2.28. The number of non-ortho nitro benzene ring substituents is 1. The molecule has 0 fully saturated rings. The monoisotopic (exact) mass is 238 g/mol. The van der Waals surface area contributed by atoms with E-state index in [-0.39, 0.29) is 5.69 Å². The van der Waals surface area contributed by atoms with E-state index in [9.17, 15) is 10.1 Å². The van der Waals surface area contributed by atoms with Crippen LogP contribution in [0.4, 0.5) is 5.69 Å². The van der Waals surface area contributed by atoms with Crippen molar-refractivity contribution in [2.45, 2.75) is 0 Å². The molecule has 0 amide bonds. The van der Waals surface area contributed by atoms with Crippen molar-refractivity contribution >= 4 is 17.3 Å². The van der Waals surface area contributed by atoms with E-state index >= 15 is 0 Å². The fourth-order valence-corrected chi connectivity index (χ4v) is 1.58. The number of benzene rings is 1. The lowest BCUT2D eigenvalue weighted by Gasteiger charge is -2.01. The molecule has 0 N–H and O–H groups in total. The molecular weight excluding hydrogens is 232 g/mol. The molecular formula is C9H7ClN4O2. The molecule has 16 heavy (non-hydrogen) atoms. The summed E-state index contributed by atoms with van der Waals surface area (Å²) >= 11 is 5.80. The molecule has 1 aromatic carbocycles. The van der Waals surface area contributed by atoms with Crippen molar-refractivity contribution in [1.82, 2.24) is 14.8 Å². The molecule has 0 atom stereocenters. The molecule has 1 aromatic heterocycles. The van der Waals surface area contributed by atoms with Crippen LogP contribution in [0.25, 0.3) is 11.4 Å². The van der Waals surface area contributed by atoms with Crippen LogP contribution < -0.4 is 0 Å². The Bertz CT molecular complexity index is 552. The van der Waals surface area contributed by atoms with E-state index in [2.05, 4.69) is 10.2 Å². The maximum absolute atomic E-state index is 10.7. The number of aryl methyl sites for hydroxylation is 1. The number of nitrogens with zero attached hydrogens (tertiary/aromatic N) is 4. The van der Waals surface area contributed by atoms with Crippen molar-refractivity contribution in [3.8, 4) is 11.4 Å². The number of aromatic nitrogens is 3. The Hall–Kier alpha value is -1.95. The highest BCUT2D eigenvalue weighted by Gasteiger charge is 2.12. The Morgan fingerprint density at radius 3 is 2.75 bits per heavy atom. The van der Waals surface area contributed by atoms with Crippen molar-refractivity contribution in [2.75, 3.05) is 0 Å². The zero-order valence-electron chi connectivity index (χ0n) is 8.29. The Kier molecular flexibility index (Phi) is 2.57. The number of hydrogen-bond acceptors (Lipinski definition) is 4. The van der Waals surface area contributed by atoms with Gasteiger partial charge in [-0.15, -0.1) is 10.2 Å². The molecule has 0 saturated heterocycles. The fraction of sp³-hybridized carbons (Fsp3) is 0.111. The zero-order chi connectivity index (χ0) is 11.7. The third-order valence-electron chi connectivity index (χ3n) is 2.06. The zero-order valence-corrected chi connectivity index (χ0v) is 9.05. The van der Waals surface area contributed by atoms with Crippen LogP contribution in [0, 0.1) is 10.1 Å². The van der Waals surface area contributed by atoms with Gasteiger partial charge in [0.1, 0.15) is 6.33 Å². The Labute approximate surface area is 95.6 Å². The molecule has 0 bridgehead atoms. The number of rotatable bonds is 2. The van der Waals surface area contributed by atoms with Crippen molar-refractivity contribution in [3.63, 3.8) is 0 Å². The maximum Gasteiger partial charge on any atom is 0.271 e. The van der Waals surface area contributed by atoms with Crippen LogP contribution in [-0.4, -0.2) is 19.7 Å². The first-order chi connectivity index (χ1) is 7.58. The molecule has 0 saturated carbocycles. The first kappa shape index (κ1) is 10.6. The van der Waals surface area contributed by atoms with Gasteiger partial charge in [-0.3, -0.25) is 10.1 Å². The van der Waals surface area contributed by atoms with Crippen LogP contribution in [0.1, 0.15) is 0 Å². The minimum atomic E-state index is -0.494. The SMILES string of the molecule is Cn1cnnc1-c1cc(Cl)cc([N+](=O)[O-])c1. The van der Waals surface area contributed by atoms with Crippen LogP contribution in [0.3, 0.4) is 0 Å². The fourth-order valence-electron chi connectivity index (χ4n) is 1.35. The molecule has 0 unspecified atom stereocenters. The minimum absolute atomic E-state index is 0.0644. The molecule has 0 aliphatic carbocycles. The van der Waals surface area contributed by atoms with Gasteiger partial charge in [-0.1, -0.05) is 11.6 Å². The van der Waals surface area contributed by atoms with Gasteiger partial charge >= 0.3 is 0 Å². The predicted molar refractivity (Wildman–Crippen MR) is 58.1 cm³/mol. The minimum Gasteiger partial charge on any atom is -0.317 e. The van der Waals surface area contributed by atoms with E-state index in [1.54, 1.807) is 17.7 Å². The van der Waals surface area contributed by atoms with Crippen molar-refractivity contribution in [2.24, 2.45) is 7.05 Å². The Morgan fingerprint density at radius 1 is 1.44 bits per heavy atom. The third kappa shape index (κ3) is 1.87. The van der Waals surface area contributed by atoms with E-state index in [0.717, 1.165) is 0 Å². The number of nitro groups is 1. The van der Waals surface area contributed by atoms with E-state index in [4.69, 9.17) is 11.6 Å². The second kappa shape index (κ2) is 3.90. The van der Waals surface area contributed by atoms with Gasteiger partial charge in [0, 0.05) is 29.8 Å². The normalized spacial score (nSPS) is 10.4. The molecule has 82 valence electrons. The lowest BCUT2D eigenvalue weighted by molar-refractivity contribution is -0.384. The second-order valence-corrected chi connectivity index (χ2v) is 3.66. The highest BCUT2D eigenvalue weighted by Crippen LogP contribution is 2.26. The van der Waals surface area contributed by atoms with Crippen LogP contribution in [0.5, 0.6) is 0 Å². The largest absolute Gasteiger partial charge is 0.317 e.